The second-order valence-corrected chi connectivity index (χ2v) is 29.4. The fraction of sp³-hybridized carbons (Fsp3) is 0.828. The van der Waals surface area contributed by atoms with E-state index in [0.717, 1.165) is 77.0 Å². The zero-order valence-corrected chi connectivity index (χ0v) is 64.3. The maximum Gasteiger partial charge on any atom is 0.361 e. The predicted molar refractivity (Wildman–Crippen MR) is 415 cm³/mol. The van der Waals surface area contributed by atoms with Crippen molar-refractivity contribution in [3.05, 3.63) is 72.9 Å². The van der Waals surface area contributed by atoms with Gasteiger partial charge in [-0.3, -0.25) is 9.59 Å². The average molecular weight is 1350 g/mol. The summed E-state index contributed by atoms with van der Waals surface area (Å²) in [6, 6.07) is 0. The molecule has 96 heavy (non-hydrogen) atoms. The zero-order valence-electron chi connectivity index (χ0n) is 64.3. The van der Waals surface area contributed by atoms with Gasteiger partial charge in [-0.1, -0.05) is 401 Å². The van der Waals surface area contributed by atoms with Gasteiger partial charge in [-0.25, -0.2) is 4.79 Å². The number of carbonyl (C=O) groups is 3. The first-order chi connectivity index (χ1) is 47.1. The zero-order chi connectivity index (χ0) is 69.7. The number of hydrogen-bond donors (Lipinski definition) is 1. The number of ether oxygens (including phenoxy) is 4. The molecule has 2 unspecified atom stereocenters. The normalized spacial score (nSPS) is 13.0. The van der Waals surface area contributed by atoms with E-state index in [0.29, 0.717) is 17.4 Å². The number of unbranched alkanes of at least 4 members (excludes halogenated alkanes) is 51. The van der Waals surface area contributed by atoms with Crippen LogP contribution in [0.5, 0.6) is 0 Å². The number of rotatable bonds is 78. The number of quaternary nitrogens is 1. The first-order valence-corrected chi connectivity index (χ1v) is 41.6. The molecule has 0 aliphatic carbocycles. The Morgan fingerprint density at radius 1 is 0.323 bits per heavy atom. The molecule has 0 aromatic rings. The number of carboxylic acids is 1. The van der Waals surface area contributed by atoms with Crippen LogP contribution in [-0.4, -0.2) is 87.4 Å². The van der Waals surface area contributed by atoms with E-state index in [1.807, 2.05) is 21.1 Å². The Labute approximate surface area is 596 Å². The van der Waals surface area contributed by atoms with Crippen molar-refractivity contribution in [2.75, 3.05) is 47.5 Å². The highest BCUT2D eigenvalue weighted by molar-refractivity contribution is 5.71. The highest BCUT2D eigenvalue weighted by atomic mass is 16.7. The smallest absolute Gasteiger partial charge is 0.361 e. The Bertz CT molecular complexity index is 1810. The molecule has 1 N–H and O–H groups in total. The second-order valence-electron chi connectivity index (χ2n) is 29.4. The van der Waals surface area contributed by atoms with Crippen LogP contribution in [0.3, 0.4) is 0 Å². The van der Waals surface area contributed by atoms with E-state index in [1.165, 1.54) is 302 Å². The third-order valence-electron chi connectivity index (χ3n) is 18.7. The SMILES string of the molecule is CC/C=C\C/C=C\C/C=C\C/C=C\C/C=C\C/C=C\CCCCCCCCCCCCCCCCCCCCCCC(=O)OC(COC(=O)CCCCCCCCCCCCCCCCCCCCCCCCCCCCCCCCCC)COC(OCC[N+](C)(C)C)C(=O)O. The van der Waals surface area contributed by atoms with Gasteiger partial charge in [-0.05, 0) is 64.2 Å². The van der Waals surface area contributed by atoms with Gasteiger partial charge in [-0.2, -0.15) is 0 Å². The lowest BCUT2D eigenvalue weighted by atomic mass is 10.0. The molecule has 9 heteroatoms. The van der Waals surface area contributed by atoms with E-state index >= 15 is 0 Å². The van der Waals surface area contributed by atoms with Gasteiger partial charge in [0.25, 0.3) is 6.29 Å². The van der Waals surface area contributed by atoms with Crippen molar-refractivity contribution in [2.45, 2.75) is 418 Å². The van der Waals surface area contributed by atoms with Gasteiger partial charge in [-0.15, -0.1) is 0 Å². The van der Waals surface area contributed by atoms with Crippen molar-refractivity contribution < 1.29 is 42.9 Å². The minimum atomic E-state index is -1.51. The summed E-state index contributed by atoms with van der Waals surface area (Å²) in [6.45, 7) is 4.84. The van der Waals surface area contributed by atoms with Crippen molar-refractivity contribution in [3.8, 4) is 0 Å². The molecule has 0 saturated carbocycles. The monoisotopic (exact) mass is 1350 g/mol. The first kappa shape index (κ1) is 92.7. The van der Waals surface area contributed by atoms with Gasteiger partial charge in [0.05, 0.1) is 34.4 Å². The van der Waals surface area contributed by atoms with E-state index in [1.54, 1.807) is 0 Å². The average Bonchev–Trinajstić information content (AvgIpc) is 2.40. The highest BCUT2D eigenvalue weighted by Gasteiger charge is 2.25. The van der Waals surface area contributed by atoms with Gasteiger partial charge < -0.3 is 28.5 Å². The van der Waals surface area contributed by atoms with E-state index in [-0.39, 0.29) is 38.2 Å². The minimum absolute atomic E-state index is 0.177. The molecule has 0 heterocycles. The fourth-order valence-electron chi connectivity index (χ4n) is 12.4. The number of esters is 2. The summed E-state index contributed by atoms with van der Waals surface area (Å²) in [6.07, 6.45) is 102. The molecular formula is C87H160NO8+. The Morgan fingerprint density at radius 2 is 0.594 bits per heavy atom. The Hall–Kier alpha value is -3.27. The lowest BCUT2D eigenvalue weighted by molar-refractivity contribution is -0.870. The van der Waals surface area contributed by atoms with Crippen LogP contribution in [0.4, 0.5) is 0 Å². The highest BCUT2D eigenvalue weighted by Crippen LogP contribution is 2.20. The lowest BCUT2D eigenvalue weighted by Crippen LogP contribution is -2.40. The molecule has 0 amide bonds. The van der Waals surface area contributed by atoms with Crippen LogP contribution in [0, 0.1) is 0 Å². The third kappa shape index (κ3) is 78.1. The van der Waals surface area contributed by atoms with Gasteiger partial charge >= 0.3 is 17.9 Å². The molecule has 560 valence electrons. The first-order valence-electron chi connectivity index (χ1n) is 41.6. The molecule has 0 aliphatic heterocycles. The van der Waals surface area contributed by atoms with E-state index in [2.05, 4.69) is 86.8 Å². The summed E-state index contributed by atoms with van der Waals surface area (Å²) in [4.78, 5) is 37.8. The van der Waals surface area contributed by atoms with Crippen molar-refractivity contribution in [1.82, 2.24) is 0 Å². The quantitative estimate of drug-likeness (QED) is 0.0211. The van der Waals surface area contributed by atoms with Crippen molar-refractivity contribution in [3.63, 3.8) is 0 Å². The minimum Gasteiger partial charge on any atom is -0.477 e. The van der Waals surface area contributed by atoms with Crippen LogP contribution in [-0.2, 0) is 33.3 Å². The van der Waals surface area contributed by atoms with Crippen LogP contribution in [0.1, 0.15) is 406 Å². The molecule has 0 saturated heterocycles. The van der Waals surface area contributed by atoms with Crippen molar-refractivity contribution in [2.24, 2.45) is 0 Å². The summed E-state index contributed by atoms with van der Waals surface area (Å²) in [5.74, 6) is -1.97. The van der Waals surface area contributed by atoms with Crippen LogP contribution in [0.15, 0.2) is 72.9 Å². The Balaban J connectivity index is 3.96. The Morgan fingerprint density at radius 3 is 0.885 bits per heavy atom. The van der Waals surface area contributed by atoms with E-state index in [4.69, 9.17) is 18.9 Å². The van der Waals surface area contributed by atoms with Gasteiger partial charge in [0.15, 0.2) is 6.10 Å². The Kier molecular flexibility index (Phi) is 74.8. The fourth-order valence-corrected chi connectivity index (χ4v) is 12.4. The predicted octanol–water partition coefficient (Wildman–Crippen LogP) is 26.8. The summed E-state index contributed by atoms with van der Waals surface area (Å²) in [5.41, 5.74) is 0. The number of allylic oxidation sites excluding steroid dienone is 12. The number of hydrogen-bond acceptors (Lipinski definition) is 7. The standard InChI is InChI=1S/C87H159NO8/c1-6-8-10-12-14-16-18-20-22-24-26-28-30-32-34-36-38-40-41-42-43-44-45-46-48-50-52-54-56-58-60-62-64-66-68-70-72-74-76-78-85(90)96-83(82-95-87(86(91)92)93-80-79-88(3,4)5)81-94-84(89)77-75-73-71-69-67-65-63-61-59-57-55-53-51-49-47-39-37-35-33-31-29-27-25-23-21-19-17-15-13-11-9-7-2/h8,10,14,16,20,22,26,28,32,34,38,40,83,87H,6-7,9,11-13,15,17-19,21,23-25,27,29-31,33,35-37,39,41-82H2,1-5H3/p+1/b10-8-,16-14-,22-20-,28-26-,34-32-,40-38-. The van der Waals surface area contributed by atoms with E-state index in [9.17, 15) is 19.5 Å². The topological polar surface area (TPSA) is 108 Å². The van der Waals surface area contributed by atoms with Crippen LogP contribution in [0.2, 0.25) is 0 Å². The molecule has 9 nitrogen and oxygen atoms in total. The van der Waals surface area contributed by atoms with Gasteiger partial charge in [0.1, 0.15) is 13.2 Å². The molecule has 0 rings (SSSR count). The number of carbonyl (C=O) groups excluding carboxylic acids is 2. The number of nitrogens with zero attached hydrogens (tertiary/aromatic N) is 1. The molecule has 0 radical (unpaired) electrons. The van der Waals surface area contributed by atoms with Crippen LogP contribution >= 0.6 is 0 Å². The van der Waals surface area contributed by atoms with Gasteiger partial charge in [0, 0.05) is 12.8 Å². The van der Waals surface area contributed by atoms with Crippen LogP contribution < -0.4 is 0 Å². The van der Waals surface area contributed by atoms with Gasteiger partial charge in [0.2, 0.25) is 0 Å². The second kappa shape index (κ2) is 77.5. The molecule has 0 aromatic carbocycles. The molecular weight excluding hydrogens is 1190 g/mol. The molecule has 0 aliphatic rings. The molecule has 0 fully saturated rings. The number of carboxylic acid groups (broad SMARTS) is 1. The van der Waals surface area contributed by atoms with Crippen molar-refractivity contribution in [1.29, 1.82) is 0 Å². The summed E-state index contributed by atoms with van der Waals surface area (Å²) >= 11 is 0. The van der Waals surface area contributed by atoms with Crippen LogP contribution in [0.25, 0.3) is 0 Å². The third-order valence-corrected chi connectivity index (χ3v) is 18.7. The maximum atomic E-state index is 13.0. The van der Waals surface area contributed by atoms with E-state index < -0.39 is 18.4 Å². The largest absolute Gasteiger partial charge is 0.477 e. The molecule has 0 bridgehead atoms. The molecule has 2 atom stereocenters. The number of likely N-dealkylation sites (N-methyl/N-ethyl adjacent to an activating group) is 1. The summed E-state index contributed by atoms with van der Waals surface area (Å²) < 4.78 is 23.1. The maximum absolute atomic E-state index is 13.0. The summed E-state index contributed by atoms with van der Waals surface area (Å²) in [5, 5.41) is 9.78. The van der Waals surface area contributed by atoms with Crippen molar-refractivity contribution >= 4 is 17.9 Å². The summed E-state index contributed by atoms with van der Waals surface area (Å²) in [7, 11) is 6.00. The number of aliphatic carboxylic acids is 1. The molecule has 0 spiro atoms. The molecule has 0 aromatic heterocycles. The lowest BCUT2D eigenvalue weighted by Gasteiger charge is -2.25.